The first-order valence-electron chi connectivity index (χ1n) is 6.60. The lowest BCUT2D eigenvalue weighted by molar-refractivity contribution is -0.124. The van der Waals surface area contributed by atoms with Gasteiger partial charge in [0.15, 0.2) is 0 Å². The number of amides is 1. The smallest absolute Gasteiger partial charge is 0.238 e. The maximum Gasteiger partial charge on any atom is 0.238 e. The van der Waals surface area contributed by atoms with Crippen molar-refractivity contribution in [2.45, 2.75) is 25.3 Å². The Balaban J connectivity index is 1.85. The van der Waals surface area contributed by atoms with Crippen molar-refractivity contribution in [3.05, 3.63) is 18.0 Å². The number of nitrogens with zero attached hydrogens (tertiary/aromatic N) is 3. The second-order valence-electron chi connectivity index (χ2n) is 5.10. The molecule has 0 aliphatic carbocycles. The maximum atomic E-state index is 12.1. The minimum atomic E-state index is -3.31. The molecule has 1 aromatic rings. The molecule has 1 aliphatic heterocycles. The fourth-order valence-corrected chi connectivity index (χ4v) is 3.57. The Kier molecular flexibility index (Phi) is 4.44. The summed E-state index contributed by atoms with van der Waals surface area (Å²) in [6.07, 6.45) is 6.80. The lowest BCUT2D eigenvalue weighted by Gasteiger charge is -2.21. The fourth-order valence-electron chi connectivity index (χ4n) is 2.45. The van der Waals surface area contributed by atoms with Crippen LogP contribution in [0.4, 0.5) is 0 Å². The van der Waals surface area contributed by atoms with E-state index in [2.05, 4.69) is 10.4 Å². The summed E-state index contributed by atoms with van der Waals surface area (Å²) in [5, 5.41) is 6.85. The van der Waals surface area contributed by atoms with Crippen molar-refractivity contribution in [3.8, 4) is 0 Å². The molecule has 1 saturated heterocycles. The minimum Gasteiger partial charge on any atom is -0.354 e. The monoisotopic (exact) mass is 300 g/mol. The Bertz CT molecular complexity index is 581. The molecule has 7 nitrogen and oxygen atoms in total. The van der Waals surface area contributed by atoms with Gasteiger partial charge in [0.25, 0.3) is 0 Å². The van der Waals surface area contributed by atoms with E-state index >= 15 is 0 Å². The van der Waals surface area contributed by atoms with E-state index in [1.807, 2.05) is 13.2 Å². The number of sulfonamides is 1. The van der Waals surface area contributed by atoms with E-state index in [-0.39, 0.29) is 5.91 Å². The van der Waals surface area contributed by atoms with E-state index in [0.29, 0.717) is 25.9 Å². The van der Waals surface area contributed by atoms with Crippen LogP contribution in [-0.4, -0.2) is 53.8 Å². The average molecular weight is 300 g/mol. The van der Waals surface area contributed by atoms with Gasteiger partial charge in [-0.15, -0.1) is 0 Å². The number of carbonyl (C=O) groups excluding carboxylic acids is 1. The number of hydrogen-bond acceptors (Lipinski definition) is 4. The summed E-state index contributed by atoms with van der Waals surface area (Å²) in [5.41, 5.74) is 1.04. The van der Waals surface area contributed by atoms with E-state index in [4.69, 9.17) is 0 Å². The van der Waals surface area contributed by atoms with Crippen LogP contribution >= 0.6 is 0 Å². The van der Waals surface area contributed by atoms with Crippen LogP contribution in [-0.2, 0) is 28.3 Å². The van der Waals surface area contributed by atoms with Crippen LogP contribution in [0.1, 0.15) is 18.4 Å². The highest BCUT2D eigenvalue weighted by atomic mass is 32.2. The Hall–Kier alpha value is -1.41. The van der Waals surface area contributed by atoms with Crippen LogP contribution in [0.25, 0.3) is 0 Å². The third-order valence-corrected chi connectivity index (χ3v) is 4.69. The molecule has 2 rings (SSSR count). The minimum absolute atomic E-state index is 0.211. The molecule has 20 heavy (non-hydrogen) atoms. The first kappa shape index (κ1) is 15.0. The number of hydrogen-bond donors (Lipinski definition) is 1. The van der Waals surface area contributed by atoms with Crippen molar-refractivity contribution in [2.75, 3.05) is 19.3 Å². The maximum absolute atomic E-state index is 12.1. The van der Waals surface area contributed by atoms with Crippen LogP contribution in [0.2, 0.25) is 0 Å². The zero-order valence-corrected chi connectivity index (χ0v) is 12.6. The van der Waals surface area contributed by atoms with Gasteiger partial charge in [0.2, 0.25) is 15.9 Å². The lowest BCUT2D eigenvalue weighted by atomic mass is 10.2. The van der Waals surface area contributed by atoms with Crippen LogP contribution in [0, 0.1) is 0 Å². The number of rotatable bonds is 5. The zero-order chi connectivity index (χ0) is 14.8. The predicted octanol–water partition coefficient (Wildman–Crippen LogP) is -0.497. The number of aromatic nitrogens is 2. The molecule has 0 unspecified atom stereocenters. The number of nitrogens with one attached hydrogen (secondary N) is 1. The van der Waals surface area contributed by atoms with Crippen molar-refractivity contribution >= 4 is 15.9 Å². The summed E-state index contributed by atoms with van der Waals surface area (Å²) in [5.74, 6) is -0.211. The van der Waals surface area contributed by atoms with Gasteiger partial charge in [0.1, 0.15) is 6.04 Å². The van der Waals surface area contributed by atoms with Gasteiger partial charge in [-0.1, -0.05) is 0 Å². The molecule has 1 atom stereocenters. The SMILES string of the molecule is Cn1cc(CCNC(=O)[C@@H]2CCCN2S(C)(=O)=O)cn1. The molecule has 1 aliphatic rings. The van der Waals surface area contributed by atoms with E-state index in [1.165, 1.54) is 4.31 Å². The van der Waals surface area contributed by atoms with Gasteiger partial charge >= 0.3 is 0 Å². The molecule has 0 bridgehead atoms. The van der Waals surface area contributed by atoms with E-state index < -0.39 is 16.1 Å². The average Bonchev–Trinajstić information content (AvgIpc) is 2.96. The second kappa shape index (κ2) is 5.92. The highest BCUT2D eigenvalue weighted by molar-refractivity contribution is 7.88. The molecule has 1 aromatic heterocycles. The predicted molar refractivity (Wildman–Crippen MR) is 74.5 cm³/mol. The highest BCUT2D eigenvalue weighted by Crippen LogP contribution is 2.20. The third kappa shape index (κ3) is 3.57. The summed E-state index contributed by atoms with van der Waals surface area (Å²) in [7, 11) is -1.47. The Morgan fingerprint density at radius 3 is 2.90 bits per heavy atom. The molecular weight excluding hydrogens is 280 g/mol. The Labute approximate surface area is 119 Å². The second-order valence-corrected chi connectivity index (χ2v) is 7.03. The molecule has 1 fully saturated rings. The quantitative estimate of drug-likeness (QED) is 0.795. The fraction of sp³-hybridized carbons (Fsp3) is 0.667. The molecule has 0 spiro atoms. The van der Waals surface area contributed by atoms with Crippen LogP contribution in [0.3, 0.4) is 0 Å². The van der Waals surface area contributed by atoms with E-state index in [0.717, 1.165) is 18.2 Å². The molecule has 0 saturated carbocycles. The first-order chi connectivity index (χ1) is 9.38. The lowest BCUT2D eigenvalue weighted by Crippen LogP contribution is -2.45. The van der Waals surface area contributed by atoms with Gasteiger partial charge in [0.05, 0.1) is 12.5 Å². The highest BCUT2D eigenvalue weighted by Gasteiger charge is 2.36. The number of aryl methyl sites for hydroxylation is 1. The first-order valence-corrected chi connectivity index (χ1v) is 8.45. The number of carbonyl (C=O) groups is 1. The summed E-state index contributed by atoms with van der Waals surface area (Å²) < 4.78 is 26.2. The van der Waals surface area contributed by atoms with Crippen LogP contribution in [0.5, 0.6) is 0 Å². The van der Waals surface area contributed by atoms with Crippen LogP contribution in [0.15, 0.2) is 12.4 Å². The molecule has 0 aromatic carbocycles. The van der Waals surface area contributed by atoms with Crippen molar-refractivity contribution in [1.29, 1.82) is 0 Å². The van der Waals surface area contributed by atoms with Crippen molar-refractivity contribution < 1.29 is 13.2 Å². The Morgan fingerprint density at radius 1 is 1.55 bits per heavy atom. The van der Waals surface area contributed by atoms with E-state index in [1.54, 1.807) is 10.9 Å². The van der Waals surface area contributed by atoms with E-state index in [9.17, 15) is 13.2 Å². The Morgan fingerprint density at radius 2 is 2.30 bits per heavy atom. The van der Waals surface area contributed by atoms with Gasteiger partial charge in [-0.3, -0.25) is 9.48 Å². The standard InChI is InChI=1S/C12H20N4O3S/c1-15-9-10(8-14-15)5-6-13-12(17)11-4-3-7-16(11)20(2,18)19/h8-9,11H,3-7H2,1-2H3,(H,13,17)/t11-/m0/s1. The largest absolute Gasteiger partial charge is 0.354 e. The molecule has 8 heteroatoms. The molecule has 1 N–H and O–H groups in total. The summed E-state index contributed by atoms with van der Waals surface area (Å²) in [6.45, 7) is 0.915. The van der Waals surface area contributed by atoms with Crippen molar-refractivity contribution in [3.63, 3.8) is 0 Å². The van der Waals surface area contributed by atoms with Crippen LogP contribution < -0.4 is 5.32 Å². The summed E-state index contributed by atoms with van der Waals surface area (Å²) in [6, 6.07) is -0.557. The molecule has 2 heterocycles. The third-order valence-electron chi connectivity index (χ3n) is 3.40. The van der Waals surface area contributed by atoms with Gasteiger partial charge in [-0.25, -0.2) is 8.42 Å². The van der Waals surface area contributed by atoms with Gasteiger partial charge in [0, 0.05) is 26.3 Å². The molecule has 112 valence electrons. The van der Waals surface area contributed by atoms with Crippen molar-refractivity contribution in [2.24, 2.45) is 7.05 Å². The summed E-state index contributed by atoms with van der Waals surface area (Å²) >= 11 is 0. The zero-order valence-electron chi connectivity index (χ0n) is 11.7. The van der Waals surface area contributed by atoms with Gasteiger partial charge in [-0.2, -0.15) is 9.40 Å². The molecule has 0 radical (unpaired) electrons. The topological polar surface area (TPSA) is 84.3 Å². The molecule has 1 amide bonds. The summed E-state index contributed by atoms with van der Waals surface area (Å²) in [4.78, 5) is 12.1. The van der Waals surface area contributed by atoms with Gasteiger partial charge < -0.3 is 5.32 Å². The molecular formula is C12H20N4O3S. The normalized spacial score (nSPS) is 20.2. The van der Waals surface area contributed by atoms with Crippen molar-refractivity contribution in [1.82, 2.24) is 19.4 Å². The van der Waals surface area contributed by atoms with Gasteiger partial charge in [-0.05, 0) is 24.8 Å².